The van der Waals surface area contributed by atoms with Crippen molar-refractivity contribution in [3.8, 4) is 0 Å². The van der Waals surface area contributed by atoms with Gasteiger partial charge in [0.2, 0.25) is 11.8 Å². The first kappa shape index (κ1) is 21.2. The largest absolute Gasteiger partial charge is 0.355 e. The van der Waals surface area contributed by atoms with E-state index in [0.717, 1.165) is 16.8 Å². The second-order valence-corrected chi connectivity index (χ2v) is 6.93. The number of likely N-dealkylation sites (N-methyl/N-ethyl adjacent to an activating group) is 2. The van der Waals surface area contributed by atoms with Gasteiger partial charge in [0.15, 0.2) is 0 Å². The number of carbonyl (C=O) groups excluding carboxylic acids is 2. The van der Waals surface area contributed by atoms with Crippen LogP contribution >= 0.6 is 0 Å². The molecule has 0 aliphatic heterocycles. The van der Waals surface area contributed by atoms with Gasteiger partial charge in [-0.25, -0.2) is 0 Å². The van der Waals surface area contributed by atoms with E-state index < -0.39 is 0 Å². The Balaban J connectivity index is 2.90. The highest BCUT2D eigenvalue weighted by atomic mass is 16.2. The van der Waals surface area contributed by atoms with E-state index in [1.165, 1.54) is 0 Å². The molecule has 0 unspecified atom stereocenters. The Morgan fingerprint density at radius 2 is 1.48 bits per heavy atom. The standard InChI is InChI=1S/C20H33N3O2/c1-7-21-18(24)12-23(8-2)13-19(25)22-20-16(14(3)4)10-9-11-17(20)15(5)6/h9-11,14-15H,7-8,12-13H2,1-6H3,(H,21,24)(H,22,25). The van der Waals surface area contributed by atoms with E-state index in [1.54, 1.807) is 0 Å². The van der Waals surface area contributed by atoms with Gasteiger partial charge in [-0.15, -0.1) is 0 Å². The van der Waals surface area contributed by atoms with Gasteiger partial charge in [0.05, 0.1) is 13.1 Å². The third-order valence-electron chi connectivity index (χ3n) is 4.19. The number of para-hydroxylation sites is 1. The smallest absolute Gasteiger partial charge is 0.238 e. The monoisotopic (exact) mass is 347 g/mol. The summed E-state index contributed by atoms with van der Waals surface area (Å²) >= 11 is 0. The third kappa shape index (κ3) is 6.50. The van der Waals surface area contributed by atoms with E-state index >= 15 is 0 Å². The molecule has 0 spiro atoms. The first-order chi connectivity index (χ1) is 11.8. The van der Waals surface area contributed by atoms with Crippen molar-refractivity contribution in [2.45, 2.75) is 53.4 Å². The Morgan fingerprint density at radius 3 is 1.92 bits per heavy atom. The lowest BCUT2D eigenvalue weighted by Crippen LogP contribution is -2.41. The summed E-state index contributed by atoms with van der Waals surface area (Å²) in [5.41, 5.74) is 3.21. The topological polar surface area (TPSA) is 61.4 Å². The maximum absolute atomic E-state index is 12.6. The van der Waals surface area contributed by atoms with Crippen LogP contribution < -0.4 is 10.6 Å². The summed E-state index contributed by atoms with van der Waals surface area (Å²) in [6.45, 7) is 14.0. The molecule has 0 fully saturated rings. The number of hydrogen-bond donors (Lipinski definition) is 2. The van der Waals surface area contributed by atoms with Crippen LogP contribution in [0.25, 0.3) is 0 Å². The minimum absolute atomic E-state index is 0.0531. The third-order valence-corrected chi connectivity index (χ3v) is 4.19. The van der Waals surface area contributed by atoms with Crippen molar-refractivity contribution in [2.24, 2.45) is 0 Å². The average molecular weight is 348 g/mol. The second-order valence-electron chi connectivity index (χ2n) is 6.93. The minimum atomic E-state index is -0.0823. The van der Waals surface area contributed by atoms with Crippen LogP contribution in [0.1, 0.15) is 64.5 Å². The zero-order chi connectivity index (χ0) is 19.0. The molecule has 25 heavy (non-hydrogen) atoms. The fraction of sp³-hybridized carbons (Fsp3) is 0.600. The van der Waals surface area contributed by atoms with Crippen LogP contribution in [0.4, 0.5) is 5.69 Å². The highest BCUT2D eigenvalue weighted by Crippen LogP contribution is 2.32. The fourth-order valence-corrected chi connectivity index (χ4v) is 2.81. The number of hydrogen-bond acceptors (Lipinski definition) is 3. The predicted molar refractivity (Wildman–Crippen MR) is 104 cm³/mol. The maximum Gasteiger partial charge on any atom is 0.238 e. The molecule has 0 aliphatic rings. The average Bonchev–Trinajstić information content (AvgIpc) is 2.53. The molecule has 0 atom stereocenters. The Labute approximate surface area is 152 Å². The zero-order valence-corrected chi connectivity index (χ0v) is 16.5. The minimum Gasteiger partial charge on any atom is -0.355 e. The molecule has 0 aromatic heterocycles. The predicted octanol–water partition coefficient (Wildman–Crippen LogP) is 3.33. The quantitative estimate of drug-likeness (QED) is 0.720. The normalized spacial score (nSPS) is 11.2. The van der Waals surface area contributed by atoms with Gasteiger partial charge in [-0.1, -0.05) is 52.8 Å². The molecule has 2 N–H and O–H groups in total. The number of rotatable bonds is 9. The molecular weight excluding hydrogens is 314 g/mol. The summed E-state index contributed by atoms with van der Waals surface area (Å²) in [6.07, 6.45) is 0. The lowest BCUT2D eigenvalue weighted by molar-refractivity contribution is -0.123. The Kier molecular flexibility index (Phi) is 8.62. The van der Waals surface area contributed by atoms with Crippen LogP contribution in [0.2, 0.25) is 0 Å². The van der Waals surface area contributed by atoms with E-state index in [-0.39, 0.29) is 24.9 Å². The van der Waals surface area contributed by atoms with Crippen molar-refractivity contribution in [2.75, 3.05) is 31.5 Å². The van der Waals surface area contributed by atoms with Crippen LogP contribution in [-0.4, -0.2) is 42.9 Å². The highest BCUT2D eigenvalue weighted by Gasteiger charge is 2.18. The maximum atomic E-state index is 12.6. The lowest BCUT2D eigenvalue weighted by Gasteiger charge is -2.23. The summed E-state index contributed by atoms with van der Waals surface area (Å²) in [4.78, 5) is 26.2. The van der Waals surface area contributed by atoms with Crippen molar-refractivity contribution in [1.29, 1.82) is 0 Å². The van der Waals surface area contributed by atoms with Gasteiger partial charge in [0.25, 0.3) is 0 Å². The second kappa shape index (κ2) is 10.2. The number of amides is 2. The van der Waals surface area contributed by atoms with Gasteiger partial charge in [-0.2, -0.15) is 0 Å². The van der Waals surface area contributed by atoms with Crippen molar-refractivity contribution in [1.82, 2.24) is 10.2 Å². The van der Waals surface area contributed by atoms with Gasteiger partial charge in [0.1, 0.15) is 0 Å². The Morgan fingerprint density at radius 1 is 0.960 bits per heavy atom. The fourth-order valence-electron chi connectivity index (χ4n) is 2.81. The molecule has 1 rings (SSSR count). The molecule has 1 aromatic carbocycles. The van der Waals surface area contributed by atoms with E-state index in [2.05, 4.69) is 50.5 Å². The van der Waals surface area contributed by atoms with Crippen LogP contribution in [-0.2, 0) is 9.59 Å². The number of nitrogens with zero attached hydrogens (tertiary/aromatic N) is 1. The first-order valence-corrected chi connectivity index (χ1v) is 9.21. The Hall–Kier alpha value is -1.88. The van der Waals surface area contributed by atoms with Gasteiger partial charge in [0, 0.05) is 12.2 Å². The molecule has 0 saturated heterocycles. The number of benzene rings is 1. The van der Waals surface area contributed by atoms with Crippen LogP contribution in [0.15, 0.2) is 18.2 Å². The summed E-state index contributed by atoms with van der Waals surface area (Å²) in [6, 6.07) is 6.19. The van der Waals surface area contributed by atoms with Gasteiger partial charge < -0.3 is 10.6 Å². The van der Waals surface area contributed by atoms with E-state index in [4.69, 9.17) is 0 Å². The van der Waals surface area contributed by atoms with Gasteiger partial charge in [-0.3, -0.25) is 14.5 Å². The SMILES string of the molecule is CCNC(=O)CN(CC)CC(=O)Nc1c(C(C)C)cccc1C(C)C. The molecule has 0 heterocycles. The van der Waals surface area contributed by atoms with E-state index in [1.807, 2.05) is 24.8 Å². The molecule has 0 aliphatic carbocycles. The van der Waals surface area contributed by atoms with Crippen molar-refractivity contribution in [3.63, 3.8) is 0 Å². The lowest BCUT2D eigenvalue weighted by atomic mass is 9.92. The van der Waals surface area contributed by atoms with E-state index in [9.17, 15) is 9.59 Å². The Bertz CT molecular complexity index is 556. The number of anilines is 1. The zero-order valence-electron chi connectivity index (χ0n) is 16.5. The summed E-state index contributed by atoms with van der Waals surface area (Å²) in [7, 11) is 0. The molecule has 0 radical (unpaired) electrons. The van der Waals surface area contributed by atoms with Gasteiger partial charge in [-0.05, 0) is 36.4 Å². The van der Waals surface area contributed by atoms with Crippen molar-refractivity contribution < 1.29 is 9.59 Å². The molecule has 2 amide bonds. The van der Waals surface area contributed by atoms with Crippen LogP contribution in [0.5, 0.6) is 0 Å². The molecule has 140 valence electrons. The van der Waals surface area contributed by atoms with E-state index in [0.29, 0.717) is 24.9 Å². The van der Waals surface area contributed by atoms with Gasteiger partial charge >= 0.3 is 0 Å². The van der Waals surface area contributed by atoms with Crippen LogP contribution in [0, 0.1) is 0 Å². The van der Waals surface area contributed by atoms with Crippen molar-refractivity contribution >= 4 is 17.5 Å². The van der Waals surface area contributed by atoms with Crippen molar-refractivity contribution in [3.05, 3.63) is 29.3 Å². The number of nitrogens with one attached hydrogen (secondary N) is 2. The summed E-state index contributed by atoms with van der Waals surface area (Å²) in [5, 5.41) is 5.87. The highest BCUT2D eigenvalue weighted by molar-refractivity contribution is 5.94. The first-order valence-electron chi connectivity index (χ1n) is 9.21. The molecule has 5 heteroatoms. The molecule has 0 bridgehead atoms. The molecule has 5 nitrogen and oxygen atoms in total. The molecular formula is C20H33N3O2. The summed E-state index contributed by atoms with van der Waals surface area (Å²) in [5.74, 6) is 0.516. The molecule has 1 aromatic rings. The molecule has 0 saturated carbocycles. The van der Waals surface area contributed by atoms with Crippen LogP contribution in [0.3, 0.4) is 0 Å². The summed E-state index contributed by atoms with van der Waals surface area (Å²) < 4.78 is 0. The number of carbonyl (C=O) groups is 2.